The van der Waals surface area contributed by atoms with Gasteiger partial charge >= 0.3 is 0 Å². The molecule has 0 saturated carbocycles. The van der Waals surface area contributed by atoms with Crippen molar-refractivity contribution in [3.8, 4) is 0 Å². The molecule has 132 valence electrons. The molecule has 0 bridgehead atoms. The zero-order valence-electron chi connectivity index (χ0n) is 13.6. The predicted molar refractivity (Wildman–Crippen MR) is 97.9 cm³/mol. The summed E-state index contributed by atoms with van der Waals surface area (Å²) >= 11 is 1.33. The number of benzene rings is 1. The summed E-state index contributed by atoms with van der Waals surface area (Å²) in [6.07, 6.45) is 0.399. The Balaban J connectivity index is 1.71. The number of carbonyl (C=O) groups is 2. The second kappa shape index (κ2) is 6.61. The molecule has 2 aromatic rings. The Labute approximate surface area is 150 Å². The first-order chi connectivity index (χ1) is 11.8. The molecule has 2 heterocycles. The summed E-state index contributed by atoms with van der Waals surface area (Å²) in [5, 5.41) is 7.37. The van der Waals surface area contributed by atoms with Gasteiger partial charge in [0.1, 0.15) is 0 Å². The van der Waals surface area contributed by atoms with Gasteiger partial charge in [-0.3, -0.25) is 9.59 Å². The van der Waals surface area contributed by atoms with Crippen LogP contribution in [0.3, 0.4) is 0 Å². The Morgan fingerprint density at radius 3 is 2.60 bits per heavy atom. The normalized spacial score (nSPS) is 21.6. The molecule has 3 rings (SSSR count). The van der Waals surface area contributed by atoms with Crippen LogP contribution in [0.1, 0.15) is 33.4 Å². The molecule has 1 aliphatic rings. The van der Waals surface area contributed by atoms with Gasteiger partial charge in [-0.2, -0.15) is 0 Å². The minimum Gasteiger partial charge on any atom is -0.346 e. The van der Waals surface area contributed by atoms with Crippen LogP contribution in [0.15, 0.2) is 41.8 Å². The van der Waals surface area contributed by atoms with Crippen LogP contribution in [0.25, 0.3) is 0 Å². The molecular weight excluding hydrogens is 360 g/mol. The number of hydrogen-bond donors (Lipinski definition) is 2. The van der Waals surface area contributed by atoms with Crippen LogP contribution in [0.5, 0.6) is 0 Å². The Morgan fingerprint density at radius 2 is 1.96 bits per heavy atom. The fourth-order valence-corrected chi connectivity index (χ4v) is 5.51. The minimum absolute atomic E-state index is 0.0550. The number of hydrogen-bond acceptors (Lipinski definition) is 5. The predicted octanol–water partition coefficient (Wildman–Crippen LogP) is 2.31. The third-order valence-electron chi connectivity index (χ3n) is 4.05. The Hall–Kier alpha value is -2.19. The van der Waals surface area contributed by atoms with E-state index in [9.17, 15) is 18.0 Å². The van der Waals surface area contributed by atoms with Gasteiger partial charge in [-0.05, 0) is 43.0 Å². The second-order valence-electron chi connectivity index (χ2n) is 6.37. The molecule has 0 radical (unpaired) electrons. The van der Waals surface area contributed by atoms with Crippen LogP contribution in [0, 0.1) is 0 Å². The van der Waals surface area contributed by atoms with Gasteiger partial charge in [0.05, 0.1) is 21.9 Å². The van der Waals surface area contributed by atoms with Crippen molar-refractivity contribution >= 4 is 38.7 Å². The number of rotatable bonds is 4. The van der Waals surface area contributed by atoms with Crippen molar-refractivity contribution in [2.75, 3.05) is 16.8 Å². The lowest BCUT2D eigenvalue weighted by molar-refractivity contribution is 0.0914. The topological polar surface area (TPSA) is 92.3 Å². The molecule has 25 heavy (non-hydrogen) atoms. The van der Waals surface area contributed by atoms with Crippen LogP contribution >= 0.6 is 11.3 Å². The molecule has 0 aliphatic carbocycles. The molecule has 1 aliphatic heterocycles. The number of thiophene rings is 1. The highest BCUT2D eigenvalue weighted by atomic mass is 32.2. The highest BCUT2D eigenvalue weighted by molar-refractivity contribution is 7.91. The van der Waals surface area contributed by atoms with Crippen LogP contribution in [0.4, 0.5) is 5.69 Å². The van der Waals surface area contributed by atoms with Crippen molar-refractivity contribution in [3.63, 3.8) is 0 Å². The molecule has 2 amide bonds. The Bertz CT molecular complexity index is 906. The van der Waals surface area contributed by atoms with Gasteiger partial charge in [-0.15, -0.1) is 11.3 Å². The van der Waals surface area contributed by atoms with Crippen LogP contribution in [-0.4, -0.2) is 37.3 Å². The smallest absolute Gasteiger partial charge is 0.265 e. The fourth-order valence-electron chi connectivity index (χ4n) is 2.79. The zero-order chi connectivity index (χ0) is 18.1. The van der Waals surface area contributed by atoms with Crippen molar-refractivity contribution in [2.45, 2.75) is 18.9 Å². The number of sulfone groups is 1. The van der Waals surface area contributed by atoms with Gasteiger partial charge in [-0.25, -0.2) is 8.42 Å². The number of amides is 2. The van der Waals surface area contributed by atoms with E-state index in [1.165, 1.54) is 11.3 Å². The van der Waals surface area contributed by atoms with Crippen molar-refractivity contribution in [2.24, 2.45) is 0 Å². The van der Waals surface area contributed by atoms with E-state index >= 15 is 0 Å². The summed E-state index contributed by atoms with van der Waals surface area (Å²) in [7, 11) is -3.10. The molecule has 8 heteroatoms. The van der Waals surface area contributed by atoms with Crippen LogP contribution < -0.4 is 10.6 Å². The second-order valence-corrected chi connectivity index (χ2v) is 9.50. The van der Waals surface area contributed by atoms with Crippen LogP contribution in [-0.2, 0) is 9.84 Å². The summed E-state index contributed by atoms with van der Waals surface area (Å²) < 4.78 is 23.3. The van der Waals surface area contributed by atoms with Gasteiger partial charge in [0.2, 0.25) is 0 Å². The summed E-state index contributed by atoms with van der Waals surface area (Å²) in [5.74, 6) is -0.561. The summed E-state index contributed by atoms with van der Waals surface area (Å²) in [6, 6.07) is 10.1. The lowest BCUT2D eigenvalue weighted by Crippen LogP contribution is -2.46. The van der Waals surface area contributed by atoms with Crippen molar-refractivity contribution in [1.29, 1.82) is 0 Å². The standard InChI is InChI=1S/C17H18N2O4S2/c1-17(7-9-25(22,23)11-17)19-15(20)12-4-2-5-13(10-12)18-16(21)14-6-3-8-24-14/h2-6,8,10H,7,9,11H2,1H3,(H,18,21)(H,19,20)/t17-/m0/s1. The first-order valence-corrected chi connectivity index (χ1v) is 10.4. The average molecular weight is 378 g/mol. The number of nitrogens with one attached hydrogen (secondary N) is 2. The largest absolute Gasteiger partial charge is 0.346 e. The van der Waals surface area contributed by atoms with E-state index in [0.29, 0.717) is 22.5 Å². The van der Waals surface area contributed by atoms with E-state index in [-0.39, 0.29) is 23.3 Å². The summed E-state index contributed by atoms with van der Waals surface area (Å²) in [6.45, 7) is 1.73. The molecule has 1 aromatic carbocycles. The monoisotopic (exact) mass is 378 g/mol. The van der Waals surface area contributed by atoms with E-state index < -0.39 is 15.4 Å². The molecule has 0 spiro atoms. The quantitative estimate of drug-likeness (QED) is 0.854. The highest BCUT2D eigenvalue weighted by Crippen LogP contribution is 2.23. The summed E-state index contributed by atoms with van der Waals surface area (Å²) in [4.78, 5) is 25.1. The van der Waals surface area contributed by atoms with E-state index in [2.05, 4.69) is 10.6 Å². The molecule has 1 aromatic heterocycles. The molecule has 6 nitrogen and oxygen atoms in total. The van der Waals surface area contributed by atoms with Gasteiger partial charge in [0.15, 0.2) is 9.84 Å². The highest BCUT2D eigenvalue weighted by Gasteiger charge is 2.39. The van der Waals surface area contributed by atoms with E-state index in [0.717, 1.165) is 0 Å². The first-order valence-electron chi connectivity index (χ1n) is 7.74. The number of anilines is 1. The molecule has 1 atom stereocenters. The van der Waals surface area contributed by atoms with Gasteiger partial charge < -0.3 is 10.6 Å². The average Bonchev–Trinajstić information content (AvgIpc) is 3.15. The maximum atomic E-state index is 12.5. The van der Waals surface area contributed by atoms with Gasteiger partial charge in [-0.1, -0.05) is 12.1 Å². The SMILES string of the molecule is C[C@]1(NC(=O)c2cccc(NC(=O)c3cccs3)c2)CCS(=O)(=O)C1. The molecule has 0 unspecified atom stereocenters. The zero-order valence-corrected chi connectivity index (χ0v) is 15.2. The van der Waals surface area contributed by atoms with Crippen molar-refractivity contribution in [1.82, 2.24) is 5.32 Å². The maximum absolute atomic E-state index is 12.5. The van der Waals surface area contributed by atoms with E-state index in [1.54, 1.807) is 43.3 Å². The Morgan fingerprint density at radius 1 is 1.16 bits per heavy atom. The lowest BCUT2D eigenvalue weighted by Gasteiger charge is -2.24. The molecule has 2 N–H and O–H groups in total. The Kier molecular flexibility index (Phi) is 4.66. The minimum atomic E-state index is -3.10. The van der Waals surface area contributed by atoms with E-state index in [4.69, 9.17) is 0 Å². The lowest BCUT2D eigenvalue weighted by atomic mass is 10.0. The third-order valence-corrected chi connectivity index (χ3v) is 6.82. The van der Waals surface area contributed by atoms with E-state index in [1.807, 2.05) is 5.38 Å². The molecule has 1 saturated heterocycles. The van der Waals surface area contributed by atoms with Crippen LogP contribution in [0.2, 0.25) is 0 Å². The molecular formula is C17H18N2O4S2. The van der Waals surface area contributed by atoms with Gasteiger partial charge in [0, 0.05) is 11.3 Å². The van der Waals surface area contributed by atoms with Gasteiger partial charge in [0.25, 0.3) is 11.8 Å². The van der Waals surface area contributed by atoms with Crippen molar-refractivity contribution in [3.05, 3.63) is 52.2 Å². The maximum Gasteiger partial charge on any atom is 0.265 e. The molecule has 1 fully saturated rings. The third kappa shape index (κ3) is 4.26. The first kappa shape index (κ1) is 17.6. The fraction of sp³-hybridized carbons (Fsp3) is 0.294. The summed E-state index contributed by atoms with van der Waals surface area (Å²) in [5.41, 5.74) is 0.122. The van der Waals surface area contributed by atoms with Crippen molar-refractivity contribution < 1.29 is 18.0 Å². The number of carbonyl (C=O) groups excluding carboxylic acids is 2.